The van der Waals surface area contributed by atoms with Crippen molar-refractivity contribution in [1.29, 1.82) is 0 Å². The Morgan fingerprint density at radius 2 is 2.00 bits per heavy atom. The number of esters is 1. The van der Waals surface area contributed by atoms with Crippen LogP contribution < -0.4 is 0 Å². The average Bonchev–Trinajstić information content (AvgIpc) is 2.26. The Balaban J connectivity index is 2.86. The van der Waals surface area contributed by atoms with Crippen LogP contribution in [0.25, 0.3) is 6.08 Å². The van der Waals surface area contributed by atoms with Gasteiger partial charge in [0.05, 0.1) is 4.92 Å². The molecule has 0 bridgehead atoms. The summed E-state index contributed by atoms with van der Waals surface area (Å²) in [6.07, 6.45) is 1.39. The van der Waals surface area contributed by atoms with Gasteiger partial charge in [-0.15, -0.1) is 0 Å². The van der Waals surface area contributed by atoms with Gasteiger partial charge in [-0.3, -0.25) is 14.9 Å². The quantitative estimate of drug-likeness (QED) is 0.455. The lowest BCUT2D eigenvalue weighted by atomic mass is 10.1. The van der Waals surface area contributed by atoms with Gasteiger partial charge in [-0.05, 0) is 12.5 Å². The topological polar surface area (TPSA) is 69.4 Å². The number of nitrogens with zero attached hydrogens (tertiary/aromatic N) is 1. The van der Waals surface area contributed by atoms with Gasteiger partial charge >= 0.3 is 5.97 Å². The lowest BCUT2D eigenvalue weighted by molar-refractivity contribution is -0.428. The van der Waals surface area contributed by atoms with Crippen molar-refractivity contribution in [3.05, 3.63) is 51.2 Å². The Labute approximate surface area is 98.9 Å². The minimum Gasteiger partial charge on any atom is -0.454 e. The summed E-state index contributed by atoms with van der Waals surface area (Å²) in [4.78, 5) is 20.8. The van der Waals surface area contributed by atoms with Gasteiger partial charge in [0.15, 0.2) is 6.61 Å². The first kappa shape index (κ1) is 12.9. The molecule has 0 amide bonds. The lowest BCUT2D eigenvalue weighted by Crippen LogP contribution is -2.09. The molecular weight excluding hydrogens is 222 g/mol. The number of ether oxygens (including phenoxy) is 1. The minimum atomic E-state index is -0.553. The zero-order chi connectivity index (χ0) is 12.8. The number of carbonyl (C=O) groups excluding carboxylic acids is 1. The number of hydrogen-bond acceptors (Lipinski definition) is 4. The number of aryl methyl sites for hydroxylation is 1. The van der Waals surface area contributed by atoms with Crippen LogP contribution in [0.4, 0.5) is 0 Å². The van der Waals surface area contributed by atoms with Gasteiger partial charge in [0, 0.05) is 13.0 Å². The number of rotatable bonds is 4. The number of carbonyl (C=O) groups is 1. The first-order valence-electron chi connectivity index (χ1n) is 5.04. The van der Waals surface area contributed by atoms with Gasteiger partial charge in [0.1, 0.15) is 0 Å². The lowest BCUT2D eigenvalue weighted by Gasteiger charge is -2.00. The average molecular weight is 235 g/mol. The maximum absolute atomic E-state index is 10.7. The Bertz CT molecular complexity index is 448. The molecule has 0 radical (unpaired) electrons. The fourth-order valence-corrected chi connectivity index (χ4v) is 1.18. The summed E-state index contributed by atoms with van der Waals surface area (Å²) < 4.78 is 4.61. The van der Waals surface area contributed by atoms with E-state index in [9.17, 15) is 14.9 Å². The van der Waals surface area contributed by atoms with E-state index < -0.39 is 10.9 Å². The number of nitro groups is 1. The van der Waals surface area contributed by atoms with Crippen LogP contribution in [-0.4, -0.2) is 17.5 Å². The van der Waals surface area contributed by atoms with Gasteiger partial charge in [0.2, 0.25) is 0 Å². The molecule has 5 heteroatoms. The molecule has 0 unspecified atom stereocenters. The highest BCUT2D eigenvalue weighted by Gasteiger charge is 2.12. The molecule has 0 saturated heterocycles. The maximum Gasteiger partial charge on any atom is 0.303 e. The summed E-state index contributed by atoms with van der Waals surface area (Å²) >= 11 is 0. The minimum absolute atomic E-state index is 0.149. The fraction of sp³-hybridized carbons (Fsp3) is 0.250. The Morgan fingerprint density at radius 1 is 1.41 bits per heavy atom. The second-order valence-corrected chi connectivity index (χ2v) is 3.58. The van der Waals surface area contributed by atoms with E-state index >= 15 is 0 Å². The molecular formula is C12H13NO4. The highest BCUT2D eigenvalue weighted by molar-refractivity contribution is 5.66. The van der Waals surface area contributed by atoms with Gasteiger partial charge in [-0.1, -0.05) is 29.8 Å². The SMILES string of the molecule is CC(=O)OC/C(=C\c1ccc(C)cc1)[N+](=O)[O-]. The van der Waals surface area contributed by atoms with E-state index in [1.807, 2.05) is 19.1 Å². The summed E-state index contributed by atoms with van der Waals surface area (Å²) in [5, 5.41) is 10.7. The fourth-order valence-electron chi connectivity index (χ4n) is 1.18. The van der Waals surface area contributed by atoms with Crippen molar-refractivity contribution in [3.8, 4) is 0 Å². The van der Waals surface area contributed by atoms with Gasteiger partial charge < -0.3 is 4.74 Å². The monoisotopic (exact) mass is 235 g/mol. The molecule has 0 fully saturated rings. The highest BCUT2D eigenvalue weighted by Crippen LogP contribution is 2.09. The standard InChI is InChI=1S/C12H13NO4/c1-9-3-5-11(6-4-9)7-12(13(15)16)8-17-10(2)14/h3-7H,8H2,1-2H3/b12-7+. The number of hydrogen-bond donors (Lipinski definition) is 0. The molecule has 0 atom stereocenters. The molecule has 0 aromatic heterocycles. The molecule has 0 N–H and O–H groups in total. The zero-order valence-electron chi connectivity index (χ0n) is 9.67. The molecule has 5 nitrogen and oxygen atoms in total. The maximum atomic E-state index is 10.7. The summed E-state index contributed by atoms with van der Waals surface area (Å²) in [6, 6.07) is 7.25. The van der Waals surface area contributed by atoms with Crippen molar-refractivity contribution in [1.82, 2.24) is 0 Å². The normalized spacial score (nSPS) is 11.1. The van der Waals surface area contributed by atoms with Crippen molar-refractivity contribution in [2.75, 3.05) is 6.61 Å². The molecule has 0 heterocycles. The molecule has 0 saturated carbocycles. The molecule has 0 spiro atoms. The third-order valence-electron chi connectivity index (χ3n) is 2.07. The van der Waals surface area contributed by atoms with Crippen molar-refractivity contribution in [2.24, 2.45) is 0 Å². The predicted molar refractivity (Wildman–Crippen MR) is 62.8 cm³/mol. The summed E-state index contributed by atoms with van der Waals surface area (Å²) in [5.41, 5.74) is 1.63. The second-order valence-electron chi connectivity index (χ2n) is 3.58. The molecule has 0 aliphatic heterocycles. The van der Waals surface area contributed by atoms with Gasteiger partial charge in [-0.25, -0.2) is 0 Å². The predicted octanol–water partition coefficient (Wildman–Crippen LogP) is 2.18. The van der Waals surface area contributed by atoms with Crippen LogP contribution in [0.3, 0.4) is 0 Å². The van der Waals surface area contributed by atoms with Crippen molar-refractivity contribution in [2.45, 2.75) is 13.8 Å². The largest absolute Gasteiger partial charge is 0.454 e. The second kappa shape index (κ2) is 5.79. The van der Waals surface area contributed by atoms with Crippen LogP contribution in [0.15, 0.2) is 30.0 Å². The van der Waals surface area contributed by atoms with E-state index in [1.54, 1.807) is 12.1 Å². The molecule has 1 aromatic rings. The molecule has 1 rings (SSSR count). The molecule has 0 aliphatic rings. The molecule has 1 aromatic carbocycles. The van der Waals surface area contributed by atoms with Gasteiger partial charge in [0.25, 0.3) is 5.70 Å². The van der Waals surface area contributed by atoms with E-state index in [2.05, 4.69) is 4.74 Å². The zero-order valence-corrected chi connectivity index (χ0v) is 9.67. The van der Waals surface area contributed by atoms with Crippen LogP contribution in [0, 0.1) is 17.0 Å². The Morgan fingerprint density at radius 3 is 2.47 bits per heavy atom. The molecule has 17 heavy (non-hydrogen) atoms. The van der Waals surface area contributed by atoms with E-state index in [-0.39, 0.29) is 12.3 Å². The van der Waals surface area contributed by atoms with Crippen molar-refractivity contribution >= 4 is 12.0 Å². The van der Waals surface area contributed by atoms with Crippen LogP contribution in [0.2, 0.25) is 0 Å². The third-order valence-corrected chi connectivity index (χ3v) is 2.07. The molecule has 90 valence electrons. The van der Waals surface area contributed by atoms with E-state index in [1.165, 1.54) is 13.0 Å². The number of benzene rings is 1. The summed E-state index contributed by atoms with van der Waals surface area (Å²) in [5.74, 6) is -0.540. The highest BCUT2D eigenvalue weighted by atomic mass is 16.6. The van der Waals surface area contributed by atoms with Crippen molar-refractivity contribution < 1.29 is 14.5 Å². The van der Waals surface area contributed by atoms with E-state index in [0.717, 1.165) is 5.56 Å². The summed E-state index contributed by atoms with van der Waals surface area (Å²) in [6.45, 7) is 2.82. The first-order chi connectivity index (χ1) is 7.99. The first-order valence-corrected chi connectivity index (χ1v) is 5.04. The van der Waals surface area contributed by atoms with Gasteiger partial charge in [-0.2, -0.15) is 0 Å². The summed E-state index contributed by atoms with van der Waals surface area (Å²) in [7, 11) is 0. The van der Waals surface area contributed by atoms with Crippen LogP contribution >= 0.6 is 0 Å². The Kier molecular flexibility index (Phi) is 4.39. The Hall–Kier alpha value is -2.17. The third kappa shape index (κ3) is 4.46. The molecule has 0 aliphatic carbocycles. The van der Waals surface area contributed by atoms with Crippen LogP contribution in [0.5, 0.6) is 0 Å². The smallest absolute Gasteiger partial charge is 0.303 e. The van der Waals surface area contributed by atoms with E-state index in [4.69, 9.17) is 0 Å². The van der Waals surface area contributed by atoms with Crippen LogP contribution in [0.1, 0.15) is 18.1 Å². The van der Waals surface area contributed by atoms with E-state index in [0.29, 0.717) is 5.56 Å². The van der Waals surface area contributed by atoms with Crippen molar-refractivity contribution in [3.63, 3.8) is 0 Å². The van der Waals surface area contributed by atoms with Crippen LogP contribution in [-0.2, 0) is 9.53 Å².